The quantitative estimate of drug-likeness (QED) is 0.181. The summed E-state index contributed by atoms with van der Waals surface area (Å²) in [7, 11) is 2.83. The van der Waals surface area contributed by atoms with Gasteiger partial charge in [0.1, 0.15) is 24.1 Å². The lowest BCUT2D eigenvalue weighted by atomic mass is 9.95. The van der Waals surface area contributed by atoms with Crippen molar-refractivity contribution in [1.29, 1.82) is 0 Å². The van der Waals surface area contributed by atoms with Crippen molar-refractivity contribution in [3.8, 4) is 11.5 Å². The molecule has 1 aromatic heterocycles. The van der Waals surface area contributed by atoms with E-state index < -0.39 is 12.0 Å². The van der Waals surface area contributed by atoms with Crippen molar-refractivity contribution in [2.75, 3.05) is 14.2 Å². The van der Waals surface area contributed by atoms with E-state index in [-0.39, 0.29) is 11.1 Å². The number of fused-ring (bicyclic) bond motifs is 2. The maximum Gasteiger partial charge on any atom is 0.338 e. The molecule has 0 saturated carbocycles. The zero-order chi connectivity index (χ0) is 31.0. The molecule has 0 aliphatic carbocycles. The lowest BCUT2D eigenvalue weighted by Gasteiger charge is -2.25. The third-order valence-corrected chi connectivity index (χ3v) is 9.17. The maximum absolute atomic E-state index is 14.3. The third kappa shape index (κ3) is 5.58. The summed E-state index contributed by atoms with van der Waals surface area (Å²) >= 11 is 11.1. The van der Waals surface area contributed by atoms with Crippen molar-refractivity contribution in [3.05, 3.63) is 136 Å². The fraction of sp³-hybridized carbons (Fsp3) is 0.147. The van der Waals surface area contributed by atoms with Crippen molar-refractivity contribution >= 4 is 61.7 Å². The van der Waals surface area contributed by atoms with Gasteiger partial charge in [0.2, 0.25) is 0 Å². The highest BCUT2D eigenvalue weighted by Crippen LogP contribution is 2.37. The first-order valence-electron chi connectivity index (χ1n) is 13.6. The number of esters is 1. The van der Waals surface area contributed by atoms with Gasteiger partial charge in [-0.15, -0.1) is 0 Å². The van der Waals surface area contributed by atoms with E-state index in [9.17, 15) is 9.59 Å². The molecule has 4 aromatic carbocycles. The Hall–Kier alpha value is -4.18. The number of ether oxygens (including phenoxy) is 3. The number of hydrogen-bond acceptors (Lipinski definition) is 7. The Labute approximate surface area is 270 Å². The average molecular weight is 690 g/mol. The molecule has 5 aromatic rings. The lowest BCUT2D eigenvalue weighted by Crippen LogP contribution is -2.40. The van der Waals surface area contributed by atoms with Crippen molar-refractivity contribution in [2.45, 2.75) is 19.6 Å². The molecule has 0 radical (unpaired) electrons. The minimum Gasteiger partial charge on any atom is -0.496 e. The van der Waals surface area contributed by atoms with Crippen LogP contribution in [0.3, 0.4) is 0 Å². The van der Waals surface area contributed by atoms with Crippen LogP contribution in [0.1, 0.15) is 29.7 Å². The molecular weight excluding hydrogens is 664 g/mol. The summed E-state index contributed by atoms with van der Waals surface area (Å²) < 4.78 is 20.0. The molecule has 10 heteroatoms. The summed E-state index contributed by atoms with van der Waals surface area (Å²) in [4.78, 5) is 32.5. The molecule has 0 saturated heterocycles. The minimum atomic E-state index is -0.866. The lowest BCUT2D eigenvalue weighted by molar-refractivity contribution is -0.136. The first-order chi connectivity index (χ1) is 21.3. The first-order valence-corrected chi connectivity index (χ1v) is 15.6. The molecule has 1 atom stereocenters. The van der Waals surface area contributed by atoms with Gasteiger partial charge in [-0.3, -0.25) is 9.36 Å². The van der Waals surface area contributed by atoms with Crippen LogP contribution in [-0.2, 0) is 16.1 Å². The standard InChI is InChI=1S/C34H26BrClN2O5S/c1-19-30(33(40)42-3)31(26-16-23(36)13-15-27(26)41-2)38-32(39)29(44-34(38)37-19)17-25-24-7-5-4-6-21(24)10-14-28(25)43-18-20-8-11-22(35)12-9-20/h4-17,31H,18H2,1-3H3/b29-17-/t31-/m0/s1. The zero-order valence-electron chi connectivity index (χ0n) is 24.0. The highest BCUT2D eigenvalue weighted by Gasteiger charge is 2.35. The molecule has 6 rings (SSSR count). The Morgan fingerprint density at radius 3 is 2.55 bits per heavy atom. The Morgan fingerprint density at radius 1 is 1.05 bits per heavy atom. The zero-order valence-corrected chi connectivity index (χ0v) is 27.1. The van der Waals surface area contributed by atoms with Crippen LogP contribution in [0.5, 0.6) is 11.5 Å². The molecular formula is C34H26BrClN2O5S. The van der Waals surface area contributed by atoms with E-state index >= 15 is 0 Å². The number of benzene rings is 4. The van der Waals surface area contributed by atoms with E-state index in [0.29, 0.717) is 43.7 Å². The molecule has 0 bridgehead atoms. The van der Waals surface area contributed by atoms with Crippen molar-refractivity contribution < 1.29 is 19.0 Å². The van der Waals surface area contributed by atoms with Crippen molar-refractivity contribution in [2.24, 2.45) is 4.99 Å². The van der Waals surface area contributed by atoms with E-state index in [4.69, 9.17) is 25.8 Å². The fourth-order valence-electron chi connectivity index (χ4n) is 5.33. The van der Waals surface area contributed by atoms with Crippen LogP contribution in [0.25, 0.3) is 16.8 Å². The predicted molar refractivity (Wildman–Crippen MR) is 176 cm³/mol. The second-order valence-corrected chi connectivity index (χ2v) is 12.4. The number of halogens is 2. The van der Waals surface area contributed by atoms with Gasteiger partial charge in [0.05, 0.1) is 30.0 Å². The molecule has 1 aliphatic heterocycles. The highest BCUT2D eigenvalue weighted by molar-refractivity contribution is 9.10. The summed E-state index contributed by atoms with van der Waals surface area (Å²) in [6.45, 7) is 2.08. The molecule has 0 unspecified atom stereocenters. The van der Waals surface area contributed by atoms with Crippen LogP contribution < -0.4 is 24.4 Å². The number of allylic oxidation sites excluding steroid dienone is 1. The van der Waals surface area contributed by atoms with Crippen molar-refractivity contribution in [1.82, 2.24) is 4.57 Å². The number of hydrogen-bond donors (Lipinski definition) is 0. The maximum atomic E-state index is 14.3. The number of carbonyl (C=O) groups excluding carboxylic acids is 1. The number of thiazole rings is 1. The highest BCUT2D eigenvalue weighted by atomic mass is 79.9. The molecule has 7 nitrogen and oxygen atoms in total. The van der Waals surface area contributed by atoms with Gasteiger partial charge in [0, 0.05) is 20.6 Å². The van der Waals surface area contributed by atoms with Gasteiger partial charge in [-0.1, -0.05) is 81.3 Å². The Bertz CT molecular complexity index is 2140. The van der Waals surface area contributed by atoms with Gasteiger partial charge in [-0.25, -0.2) is 9.79 Å². The summed E-state index contributed by atoms with van der Waals surface area (Å²) in [5.41, 5.74) is 2.68. The molecule has 0 spiro atoms. The van der Waals surface area contributed by atoms with Crippen LogP contribution in [-0.4, -0.2) is 24.8 Å². The van der Waals surface area contributed by atoms with Crippen LogP contribution in [0.2, 0.25) is 5.02 Å². The van der Waals surface area contributed by atoms with Gasteiger partial charge in [-0.05, 0) is 65.7 Å². The van der Waals surface area contributed by atoms with Crippen LogP contribution >= 0.6 is 38.9 Å². The number of aromatic nitrogens is 1. The molecule has 2 heterocycles. The number of nitrogens with zero attached hydrogens (tertiary/aromatic N) is 2. The molecule has 0 fully saturated rings. The summed E-state index contributed by atoms with van der Waals surface area (Å²) in [5, 5.41) is 2.38. The predicted octanol–water partition coefficient (Wildman–Crippen LogP) is 6.56. The second-order valence-electron chi connectivity index (χ2n) is 10.1. The van der Waals surface area contributed by atoms with Crippen LogP contribution in [0.15, 0.2) is 104 Å². The van der Waals surface area contributed by atoms with E-state index in [2.05, 4.69) is 20.9 Å². The van der Waals surface area contributed by atoms with E-state index in [1.165, 1.54) is 30.1 Å². The molecule has 44 heavy (non-hydrogen) atoms. The molecule has 0 amide bonds. The van der Waals surface area contributed by atoms with Gasteiger partial charge in [0.25, 0.3) is 5.56 Å². The monoisotopic (exact) mass is 688 g/mol. The second kappa shape index (κ2) is 12.4. The summed E-state index contributed by atoms with van der Waals surface area (Å²) in [6.07, 6.45) is 1.84. The normalized spacial score (nSPS) is 14.8. The minimum absolute atomic E-state index is 0.232. The molecule has 0 N–H and O–H groups in total. The first kappa shape index (κ1) is 29.9. The van der Waals surface area contributed by atoms with Crippen molar-refractivity contribution in [3.63, 3.8) is 0 Å². The van der Waals surface area contributed by atoms with E-state index in [1.807, 2.05) is 66.7 Å². The Morgan fingerprint density at radius 2 is 1.80 bits per heavy atom. The van der Waals surface area contributed by atoms with E-state index in [1.54, 1.807) is 25.1 Å². The van der Waals surface area contributed by atoms with Crippen LogP contribution in [0, 0.1) is 0 Å². The Balaban J connectivity index is 1.56. The summed E-state index contributed by atoms with van der Waals surface area (Å²) in [6, 6.07) is 24.0. The number of methoxy groups -OCH3 is 2. The molecule has 1 aliphatic rings. The number of rotatable bonds is 7. The topological polar surface area (TPSA) is 79.1 Å². The van der Waals surface area contributed by atoms with E-state index in [0.717, 1.165) is 26.4 Å². The van der Waals surface area contributed by atoms with Gasteiger partial charge >= 0.3 is 5.97 Å². The third-order valence-electron chi connectivity index (χ3n) is 7.43. The average Bonchev–Trinajstić information content (AvgIpc) is 3.34. The number of carbonyl (C=O) groups is 1. The fourth-order valence-corrected chi connectivity index (χ4v) is 6.80. The summed E-state index contributed by atoms with van der Waals surface area (Å²) in [5.74, 6) is 0.518. The molecule has 222 valence electrons. The Kier molecular flexibility index (Phi) is 8.44. The van der Waals surface area contributed by atoms with Gasteiger partial charge in [-0.2, -0.15) is 0 Å². The van der Waals surface area contributed by atoms with Gasteiger partial charge in [0.15, 0.2) is 4.80 Å². The van der Waals surface area contributed by atoms with Crippen LogP contribution in [0.4, 0.5) is 0 Å². The largest absolute Gasteiger partial charge is 0.496 e. The SMILES string of the molecule is COC(=O)C1=C(C)N=c2s/c(=C\c3c(OCc4ccc(Br)cc4)ccc4ccccc34)c(=O)n2[C@H]1c1cc(Cl)ccc1OC. The van der Waals surface area contributed by atoms with Gasteiger partial charge < -0.3 is 14.2 Å². The smallest absolute Gasteiger partial charge is 0.338 e.